The van der Waals surface area contributed by atoms with Gasteiger partial charge in [-0.05, 0) is 37.8 Å². The summed E-state index contributed by atoms with van der Waals surface area (Å²) in [5, 5.41) is 35.6. The fourth-order valence-corrected chi connectivity index (χ4v) is 3.52. The number of piperidine rings is 1. The largest absolute Gasteiger partial charge is 0.504 e. The molecule has 3 rings (SSSR count). The van der Waals surface area contributed by atoms with Crippen LogP contribution in [0, 0.1) is 5.92 Å². The number of ether oxygens (including phenoxy) is 2. The Balaban J connectivity index is 1.41. The minimum absolute atomic E-state index is 0.00772. The van der Waals surface area contributed by atoms with Gasteiger partial charge in [0.05, 0.1) is 24.9 Å². The number of phenols is 2. The van der Waals surface area contributed by atoms with Crippen LogP contribution in [-0.2, 0) is 19.1 Å². The second-order valence-corrected chi connectivity index (χ2v) is 8.10. The van der Waals surface area contributed by atoms with Crippen molar-refractivity contribution in [3.05, 3.63) is 23.8 Å². The summed E-state index contributed by atoms with van der Waals surface area (Å²) in [6.07, 6.45) is 0.845. The summed E-state index contributed by atoms with van der Waals surface area (Å²) in [6, 6.07) is 3.21. The van der Waals surface area contributed by atoms with Gasteiger partial charge in [-0.3, -0.25) is 20.1 Å². The van der Waals surface area contributed by atoms with E-state index in [9.17, 15) is 25.0 Å². The molecule has 4 unspecified atom stereocenters. The number of carbonyl (C=O) groups excluding carboxylic acids is 2. The van der Waals surface area contributed by atoms with Crippen LogP contribution in [0.1, 0.15) is 32.3 Å². The smallest absolute Gasteiger partial charge is 0.263 e. The molecular weight excluding hydrogens is 420 g/mol. The first-order valence-electron chi connectivity index (χ1n) is 10.6. The second kappa shape index (κ2) is 10.6. The van der Waals surface area contributed by atoms with Crippen LogP contribution in [-0.4, -0.2) is 82.8 Å². The first-order chi connectivity index (χ1) is 15.3. The lowest BCUT2D eigenvalue weighted by Crippen LogP contribution is -2.49. The molecule has 0 bridgehead atoms. The van der Waals surface area contributed by atoms with Gasteiger partial charge in [0.25, 0.3) is 5.91 Å². The van der Waals surface area contributed by atoms with Crippen LogP contribution in [0.2, 0.25) is 0 Å². The number of hydroxylamine groups is 2. The number of para-hydroxylation sites is 1. The van der Waals surface area contributed by atoms with Gasteiger partial charge in [-0.15, -0.1) is 0 Å². The fourth-order valence-electron chi connectivity index (χ4n) is 3.52. The summed E-state index contributed by atoms with van der Waals surface area (Å²) in [5.74, 6) is -1.19. The number of phenolic OH excluding ortho intramolecular Hbond substituents is 2. The summed E-state index contributed by atoms with van der Waals surface area (Å²) >= 11 is 0. The Bertz CT molecular complexity index is 863. The fraction of sp³-hybridized carbons (Fsp3) is 0.571. The summed E-state index contributed by atoms with van der Waals surface area (Å²) in [6.45, 7) is 4.85. The van der Waals surface area contributed by atoms with Crippen molar-refractivity contribution in [2.75, 3.05) is 26.4 Å². The van der Waals surface area contributed by atoms with E-state index in [1.54, 1.807) is 19.1 Å². The van der Waals surface area contributed by atoms with Gasteiger partial charge in [0.2, 0.25) is 11.8 Å². The number of hydrogen-bond donors (Lipinski definition) is 5. The lowest BCUT2D eigenvalue weighted by Gasteiger charge is -2.28. The number of aliphatic imine (C=N–C) groups is 1. The Morgan fingerprint density at radius 2 is 2.19 bits per heavy atom. The van der Waals surface area contributed by atoms with E-state index in [1.165, 1.54) is 6.07 Å². The molecule has 0 aliphatic carbocycles. The van der Waals surface area contributed by atoms with Gasteiger partial charge in [0.15, 0.2) is 17.5 Å². The maximum Gasteiger partial charge on any atom is 0.263 e. The highest BCUT2D eigenvalue weighted by molar-refractivity contribution is 6.01. The van der Waals surface area contributed by atoms with Crippen molar-refractivity contribution in [3.63, 3.8) is 0 Å². The van der Waals surface area contributed by atoms with Crippen molar-refractivity contribution >= 4 is 17.7 Å². The van der Waals surface area contributed by atoms with E-state index in [-0.39, 0.29) is 47.4 Å². The van der Waals surface area contributed by atoms with E-state index in [4.69, 9.17) is 9.47 Å². The predicted octanol–water partition coefficient (Wildman–Crippen LogP) is 0.328. The molecule has 1 aromatic carbocycles. The van der Waals surface area contributed by atoms with Gasteiger partial charge in [-0.25, -0.2) is 10.1 Å². The molecule has 0 aromatic heterocycles. The first kappa shape index (κ1) is 23.8. The molecule has 5 N–H and O–H groups in total. The summed E-state index contributed by atoms with van der Waals surface area (Å²) in [4.78, 5) is 28.6. The monoisotopic (exact) mass is 450 g/mol. The van der Waals surface area contributed by atoms with Crippen molar-refractivity contribution in [2.24, 2.45) is 10.9 Å². The molecule has 1 saturated heterocycles. The topological polar surface area (TPSA) is 153 Å². The normalized spacial score (nSPS) is 24.1. The number of nitrogens with zero attached hydrogens (tertiary/aromatic N) is 2. The van der Waals surface area contributed by atoms with Crippen molar-refractivity contribution in [3.8, 4) is 11.5 Å². The number of aromatic hydroxyl groups is 2. The predicted molar refractivity (Wildman–Crippen MR) is 113 cm³/mol. The molecule has 2 amide bonds. The third-order valence-electron chi connectivity index (χ3n) is 5.39. The van der Waals surface area contributed by atoms with Crippen LogP contribution in [0.3, 0.4) is 0 Å². The molecular formula is C21H30N4O7. The van der Waals surface area contributed by atoms with E-state index in [2.05, 4.69) is 15.6 Å². The summed E-state index contributed by atoms with van der Waals surface area (Å²) in [5.41, 5.74) is 0.224. The Labute approximate surface area is 186 Å². The van der Waals surface area contributed by atoms with Crippen molar-refractivity contribution in [1.29, 1.82) is 0 Å². The van der Waals surface area contributed by atoms with E-state index in [0.29, 0.717) is 26.1 Å². The molecule has 176 valence electrons. The third kappa shape index (κ3) is 5.67. The molecule has 0 saturated carbocycles. The van der Waals surface area contributed by atoms with E-state index >= 15 is 0 Å². The average Bonchev–Trinajstić information content (AvgIpc) is 3.15. The maximum absolute atomic E-state index is 12.6. The zero-order valence-electron chi connectivity index (χ0n) is 18.2. The number of rotatable bonds is 9. The highest BCUT2D eigenvalue weighted by atomic mass is 16.5. The number of amides is 2. The molecule has 1 aromatic rings. The van der Waals surface area contributed by atoms with Crippen LogP contribution in [0.4, 0.5) is 0 Å². The van der Waals surface area contributed by atoms with Gasteiger partial charge in [0, 0.05) is 13.1 Å². The lowest BCUT2D eigenvalue weighted by atomic mass is 10.1. The van der Waals surface area contributed by atoms with Gasteiger partial charge in [0.1, 0.15) is 6.10 Å². The van der Waals surface area contributed by atoms with Crippen molar-refractivity contribution < 1.29 is 34.5 Å². The zero-order chi connectivity index (χ0) is 23.3. The Morgan fingerprint density at radius 3 is 2.97 bits per heavy atom. The number of carbonyl (C=O) groups is 2. The Hall–Kier alpha value is -2.89. The van der Waals surface area contributed by atoms with Crippen LogP contribution < -0.4 is 10.6 Å². The number of hydrogen-bond acceptors (Lipinski definition) is 9. The van der Waals surface area contributed by atoms with E-state index < -0.39 is 18.2 Å². The highest BCUT2D eigenvalue weighted by Crippen LogP contribution is 2.31. The van der Waals surface area contributed by atoms with Crippen LogP contribution in [0.5, 0.6) is 11.5 Å². The van der Waals surface area contributed by atoms with Gasteiger partial charge in [-0.1, -0.05) is 13.0 Å². The maximum atomic E-state index is 12.6. The molecule has 32 heavy (non-hydrogen) atoms. The van der Waals surface area contributed by atoms with E-state index in [0.717, 1.165) is 11.5 Å². The zero-order valence-corrected chi connectivity index (χ0v) is 18.2. The van der Waals surface area contributed by atoms with Crippen molar-refractivity contribution in [1.82, 2.24) is 15.7 Å². The molecule has 0 radical (unpaired) electrons. The Kier molecular flexibility index (Phi) is 7.89. The molecule has 0 spiro atoms. The Morgan fingerprint density at radius 1 is 1.41 bits per heavy atom. The molecule has 2 aliphatic rings. The third-order valence-corrected chi connectivity index (χ3v) is 5.39. The molecule has 11 heteroatoms. The van der Waals surface area contributed by atoms with Crippen LogP contribution in [0.15, 0.2) is 23.2 Å². The second-order valence-electron chi connectivity index (χ2n) is 8.10. The molecule has 4 atom stereocenters. The van der Waals surface area contributed by atoms with Gasteiger partial charge < -0.3 is 25.0 Å². The van der Waals surface area contributed by atoms with Gasteiger partial charge in [-0.2, -0.15) is 0 Å². The molecule has 2 aliphatic heterocycles. The van der Waals surface area contributed by atoms with Crippen LogP contribution in [0.25, 0.3) is 0 Å². The SMILES string of the molecule is CC(CNC(=O)C1N=C(c2cccc(O)c2O)OC1C)COCNC1CCCN(O)C1=O. The minimum atomic E-state index is -0.778. The standard InChI is InChI=1S/C21H30N4O7/c1-12(10-31-11-23-15-6-4-8-25(30)21(15)29)9-22-19(28)17-13(2)32-20(24-17)14-5-3-7-16(26)18(14)27/h3,5,7,12-13,15,17,23,26-27,30H,4,6,8-11H2,1-2H3,(H,22,28). The highest BCUT2D eigenvalue weighted by Gasteiger charge is 2.35. The van der Waals surface area contributed by atoms with E-state index in [1.807, 2.05) is 6.92 Å². The molecule has 11 nitrogen and oxygen atoms in total. The van der Waals surface area contributed by atoms with Gasteiger partial charge >= 0.3 is 0 Å². The first-order valence-corrected chi connectivity index (χ1v) is 10.6. The molecule has 2 heterocycles. The number of nitrogens with one attached hydrogen (secondary N) is 2. The lowest BCUT2D eigenvalue weighted by molar-refractivity contribution is -0.173. The number of benzene rings is 1. The average molecular weight is 450 g/mol. The summed E-state index contributed by atoms with van der Waals surface area (Å²) < 4.78 is 11.2. The van der Waals surface area contributed by atoms with Crippen LogP contribution >= 0.6 is 0 Å². The minimum Gasteiger partial charge on any atom is -0.504 e. The quantitative estimate of drug-likeness (QED) is 0.156. The molecule has 1 fully saturated rings. The summed E-state index contributed by atoms with van der Waals surface area (Å²) in [7, 11) is 0. The van der Waals surface area contributed by atoms with Crippen molar-refractivity contribution in [2.45, 2.75) is 44.9 Å².